The molecular formula is C34H40N4O4. The Morgan fingerprint density at radius 2 is 1.83 bits per heavy atom. The number of aryl methyl sites for hydroxylation is 1. The Balaban J connectivity index is 1.42. The standard InChI is InChI=1S/C34H40N4O4/c1-21-30(24-12-8-9-13-26(24)36-21)31-25(33(31,2)3)18-29(39)38(20-22-11-10-16-35-19-22)34(4,5)32(40)37-27-15-14-23(41-6)17-28(27)42-7/h8-17,19,25,31,36H,18,20H2,1-7H3,(H,37,40)/t25-,31+/m1/s1. The SMILES string of the molecule is COc1ccc(NC(=O)C(C)(C)N(Cc2cccnc2)C(=O)C[C@@H]2[C@@H](c3c(C)[nH]c4ccccc34)C2(C)C)c(OC)c1. The van der Waals surface area contributed by atoms with E-state index in [1.165, 1.54) is 18.1 Å². The van der Waals surface area contributed by atoms with E-state index < -0.39 is 5.54 Å². The smallest absolute Gasteiger partial charge is 0.249 e. The number of fused-ring (bicyclic) bond motifs is 1. The maximum Gasteiger partial charge on any atom is 0.249 e. The predicted octanol–water partition coefficient (Wildman–Crippen LogP) is 6.46. The number of hydrogen-bond acceptors (Lipinski definition) is 5. The lowest BCUT2D eigenvalue weighted by atomic mass is 9.98. The van der Waals surface area contributed by atoms with Gasteiger partial charge in [-0.15, -0.1) is 0 Å². The second kappa shape index (κ2) is 11.2. The van der Waals surface area contributed by atoms with Crippen LogP contribution in [0.25, 0.3) is 10.9 Å². The van der Waals surface area contributed by atoms with Gasteiger partial charge in [-0.25, -0.2) is 0 Å². The number of amides is 2. The molecule has 0 bridgehead atoms. The van der Waals surface area contributed by atoms with E-state index in [0.29, 0.717) is 23.6 Å². The van der Waals surface area contributed by atoms with Gasteiger partial charge in [-0.1, -0.05) is 38.1 Å². The lowest BCUT2D eigenvalue weighted by Crippen LogP contribution is -2.55. The van der Waals surface area contributed by atoms with Crippen molar-refractivity contribution in [1.82, 2.24) is 14.9 Å². The van der Waals surface area contributed by atoms with Gasteiger partial charge < -0.3 is 24.7 Å². The molecule has 0 unspecified atom stereocenters. The monoisotopic (exact) mass is 568 g/mol. The third-order valence-electron chi connectivity index (χ3n) is 8.95. The summed E-state index contributed by atoms with van der Waals surface area (Å²) in [7, 11) is 3.11. The quantitative estimate of drug-likeness (QED) is 0.229. The molecule has 8 nitrogen and oxygen atoms in total. The largest absolute Gasteiger partial charge is 0.497 e. The van der Waals surface area contributed by atoms with Gasteiger partial charge in [0.2, 0.25) is 11.8 Å². The number of H-pyrrole nitrogens is 1. The number of anilines is 1. The molecule has 1 saturated carbocycles. The summed E-state index contributed by atoms with van der Waals surface area (Å²) in [5.41, 5.74) is 3.66. The summed E-state index contributed by atoms with van der Waals surface area (Å²) in [6.45, 7) is 10.4. The molecule has 2 N–H and O–H groups in total. The number of nitrogens with one attached hydrogen (secondary N) is 2. The number of pyridine rings is 1. The fourth-order valence-corrected chi connectivity index (χ4v) is 6.27. The van der Waals surface area contributed by atoms with Crippen LogP contribution in [0.5, 0.6) is 11.5 Å². The molecule has 0 saturated heterocycles. The highest BCUT2D eigenvalue weighted by Gasteiger charge is 2.60. The third-order valence-corrected chi connectivity index (χ3v) is 8.95. The minimum Gasteiger partial charge on any atom is -0.497 e. The van der Waals surface area contributed by atoms with Crippen molar-refractivity contribution in [2.45, 2.75) is 59.0 Å². The van der Waals surface area contributed by atoms with E-state index in [9.17, 15) is 9.59 Å². The first-order valence-electron chi connectivity index (χ1n) is 14.3. The molecule has 4 aromatic rings. The first-order valence-corrected chi connectivity index (χ1v) is 14.3. The number of carbonyl (C=O) groups excluding carboxylic acids is 2. The molecule has 1 fully saturated rings. The van der Waals surface area contributed by atoms with Crippen molar-refractivity contribution < 1.29 is 19.1 Å². The van der Waals surface area contributed by atoms with Crippen LogP contribution in [0.4, 0.5) is 5.69 Å². The number of nitrogens with zero attached hydrogens (tertiary/aromatic N) is 2. The minimum atomic E-state index is -1.18. The van der Waals surface area contributed by atoms with Gasteiger partial charge in [0.05, 0.1) is 19.9 Å². The highest BCUT2D eigenvalue weighted by molar-refractivity contribution is 6.01. The van der Waals surface area contributed by atoms with Crippen LogP contribution in [-0.2, 0) is 16.1 Å². The van der Waals surface area contributed by atoms with Crippen LogP contribution >= 0.6 is 0 Å². The Morgan fingerprint density at radius 1 is 1.07 bits per heavy atom. The number of para-hydroxylation sites is 1. The summed E-state index contributed by atoms with van der Waals surface area (Å²) in [5, 5.41) is 4.20. The molecular weight excluding hydrogens is 528 g/mol. The van der Waals surface area contributed by atoms with Crippen molar-refractivity contribution >= 4 is 28.4 Å². The zero-order valence-electron chi connectivity index (χ0n) is 25.4. The van der Waals surface area contributed by atoms with Crippen molar-refractivity contribution in [3.8, 4) is 11.5 Å². The molecule has 2 amide bonds. The molecule has 0 radical (unpaired) electrons. The Hall–Kier alpha value is -4.33. The van der Waals surface area contributed by atoms with E-state index in [4.69, 9.17) is 9.47 Å². The van der Waals surface area contributed by atoms with Gasteiger partial charge in [0.25, 0.3) is 0 Å². The molecule has 2 heterocycles. The van der Waals surface area contributed by atoms with Crippen molar-refractivity contribution in [3.05, 3.63) is 83.8 Å². The average molecular weight is 569 g/mol. The summed E-state index contributed by atoms with van der Waals surface area (Å²) in [4.78, 5) is 37.5. The van der Waals surface area contributed by atoms with Crippen molar-refractivity contribution in [2.75, 3.05) is 19.5 Å². The zero-order chi connectivity index (χ0) is 30.2. The van der Waals surface area contributed by atoms with Gasteiger partial charge in [-0.05, 0) is 73.4 Å². The summed E-state index contributed by atoms with van der Waals surface area (Å²) in [5.74, 6) is 1.07. The van der Waals surface area contributed by atoms with Gasteiger partial charge in [0, 0.05) is 48.0 Å². The molecule has 8 heteroatoms. The Labute approximate surface area is 247 Å². The Kier molecular flexibility index (Phi) is 7.75. The molecule has 2 atom stereocenters. The maximum atomic E-state index is 14.2. The van der Waals surface area contributed by atoms with Crippen LogP contribution in [0.1, 0.15) is 56.9 Å². The molecule has 5 rings (SSSR count). The van der Waals surface area contributed by atoms with Gasteiger partial charge in [-0.2, -0.15) is 0 Å². The summed E-state index contributed by atoms with van der Waals surface area (Å²) >= 11 is 0. The number of benzene rings is 2. The maximum absolute atomic E-state index is 14.2. The molecule has 1 aliphatic rings. The van der Waals surface area contributed by atoms with E-state index >= 15 is 0 Å². The summed E-state index contributed by atoms with van der Waals surface area (Å²) < 4.78 is 10.8. The molecule has 2 aromatic heterocycles. The lowest BCUT2D eigenvalue weighted by molar-refractivity contribution is -0.145. The van der Waals surface area contributed by atoms with Gasteiger partial charge in [0.1, 0.15) is 17.0 Å². The molecule has 0 aliphatic heterocycles. The van der Waals surface area contributed by atoms with Crippen LogP contribution in [0, 0.1) is 18.3 Å². The van der Waals surface area contributed by atoms with Crippen molar-refractivity contribution in [1.29, 1.82) is 0 Å². The van der Waals surface area contributed by atoms with Crippen LogP contribution in [0.3, 0.4) is 0 Å². The number of carbonyl (C=O) groups is 2. The van der Waals surface area contributed by atoms with Crippen LogP contribution < -0.4 is 14.8 Å². The fourth-order valence-electron chi connectivity index (χ4n) is 6.27. The Bertz CT molecular complexity index is 1610. The van der Waals surface area contributed by atoms with E-state index in [0.717, 1.165) is 16.8 Å². The normalized spacial score (nSPS) is 17.5. The van der Waals surface area contributed by atoms with Crippen LogP contribution in [-0.4, -0.2) is 46.4 Å². The zero-order valence-corrected chi connectivity index (χ0v) is 25.4. The molecule has 0 spiro atoms. The molecule has 1 aliphatic carbocycles. The number of aromatic amines is 1. The second-order valence-electron chi connectivity index (χ2n) is 12.2. The van der Waals surface area contributed by atoms with Crippen LogP contribution in [0.15, 0.2) is 67.0 Å². The first kappa shape index (κ1) is 29.2. The van der Waals surface area contributed by atoms with Gasteiger partial charge in [0.15, 0.2) is 0 Å². The van der Waals surface area contributed by atoms with E-state index in [1.807, 2.05) is 18.2 Å². The number of hydrogen-bond donors (Lipinski definition) is 2. The van der Waals surface area contributed by atoms with Crippen LogP contribution in [0.2, 0.25) is 0 Å². The van der Waals surface area contributed by atoms with Crippen molar-refractivity contribution in [3.63, 3.8) is 0 Å². The first-order chi connectivity index (χ1) is 20.0. The Morgan fingerprint density at radius 3 is 2.52 bits per heavy atom. The summed E-state index contributed by atoms with van der Waals surface area (Å²) in [6, 6.07) is 17.3. The number of ether oxygens (including phenoxy) is 2. The topological polar surface area (TPSA) is 96.5 Å². The average Bonchev–Trinajstić information content (AvgIpc) is 3.32. The van der Waals surface area contributed by atoms with Gasteiger partial charge >= 0.3 is 0 Å². The number of aromatic nitrogens is 2. The second-order valence-corrected chi connectivity index (χ2v) is 12.2. The lowest BCUT2D eigenvalue weighted by Gasteiger charge is -2.38. The van der Waals surface area contributed by atoms with E-state index in [1.54, 1.807) is 56.4 Å². The molecule has 42 heavy (non-hydrogen) atoms. The number of methoxy groups -OCH3 is 2. The van der Waals surface area contributed by atoms with Gasteiger partial charge in [-0.3, -0.25) is 14.6 Å². The predicted molar refractivity (Wildman–Crippen MR) is 165 cm³/mol. The summed E-state index contributed by atoms with van der Waals surface area (Å²) in [6.07, 6.45) is 3.77. The highest BCUT2D eigenvalue weighted by Crippen LogP contribution is 2.67. The van der Waals surface area contributed by atoms with E-state index in [-0.39, 0.29) is 35.6 Å². The fraction of sp³-hybridized carbons (Fsp3) is 0.382. The highest BCUT2D eigenvalue weighted by atomic mass is 16.5. The van der Waals surface area contributed by atoms with E-state index in [2.05, 4.69) is 54.3 Å². The van der Waals surface area contributed by atoms with Crippen molar-refractivity contribution in [2.24, 2.45) is 11.3 Å². The molecule has 2 aromatic carbocycles. The molecule has 220 valence electrons. The third kappa shape index (κ3) is 5.33. The number of rotatable bonds is 10. The minimum absolute atomic E-state index is 0.0613.